The lowest BCUT2D eigenvalue weighted by molar-refractivity contribution is -0.119. The zero-order valence-corrected chi connectivity index (χ0v) is 17.5. The quantitative estimate of drug-likeness (QED) is 0.475. The second-order valence-electron chi connectivity index (χ2n) is 7.66. The van der Waals surface area contributed by atoms with Gasteiger partial charge in [0.15, 0.2) is 5.16 Å². The van der Waals surface area contributed by atoms with Crippen molar-refractivity contribution in [3.05, 3.63) is 70.5 Å². The maximum Gasteiger partial charge on any atom is 0.262 e. The molecule has 150 valence electrons. The van der Waals surface area contributed by atoms with Crippen LogP contribution in [0.3, 0.4) is 0 Å². The molecule has 1 aromatic heterocycles. The molecule has 0 saturated heterocycles. The summed E-state index contributed by atoms with van der Waals surface area (Å²) in [4.78, 5) is 30.4. The minimum absolute atomic E-state index is 0.0179. The first-order valence-electron chi connectivity index (χ1n) is 10.0. The van der Waals surface area contributed by atoms with Crippen molar-refractivity contribution in [3.63, 3.8) is 0 Å². The van der Waals surface area contributed by atoms with E-state index < -0.39 is 0 Å². The van der Waals surface area contributed by atoms with Crippen LogP contribution < -0.4 is 10.9 Å². The number of hydrogen-bond acceptors (Lipinski definition) is 4. The van der Waals surface area contributed by atoms with E-state index in [1.54, 1.807) is 10.6 Å². The normalized spacial score (nSPS) is 15.8. The van der Waals surface area contributed by atoms with Crippen LogP contribution in [0.2, 0.25) is 0 Å². The van der Waals surface area contributed by atoms with Crippen molar-refractivity contribution in [3.8, 4) is 0 Å². The van der Waals surface area contributed by atoms with Crippen molar-refractivity contribution in [2.24, 2.45) is 5.92 Å². The number of carbonyl (C=O) groups excluding carboxylic acids is 1. The Balaban J connectivity index is 1.65. The summed E-state index contributed by atoms with van der Waals surface area (Å²) in [6.45, 7) is 4.05. The van der Waals surface area contributed by atoms with Crippen LogP contribution in [0.15, 0.2) is 64.5 Å². The van der Waals surface area contributed by atoms with E-state index in [4.69, 9.17) is 4.98 Å². The summed E-state index contributed by atoms with van der Waals surface area (Å²) < 4.78 is 1.71. The highest BCUT2D eigenvalue weighted by atomic mass is 32.2. The van der Waals surface area contributed by atoms with Crippen molar-refractivity contribution in [2.75, 3.05) is 5.75 Å². The SMILES string of the molecule is C[C@H](NC(=O)CSc1nc2ccccc2c(=O)n1[C@H](C)c1ccccc1)C1CC1. The molecular formula is C23H25N3O2S. The van der Waals surface area contributed by atoms with E-state index in [0.717, 1.165) is 5.56 Å². The van der Waals surface area contributed by atoms with E-state index in [0.29, 0.717) is 22.0 Å². The number of benzene rings is 2. The lowest BCUT2D eigenvalue weighted by atomic mass is 10.1. The Kier molecular flexibility index (Phi) is 5.72. The highest BCUT2D eigenvalue weighted by Gasteiger charge is 2.29. The fraction of sp³-hybridized carbons (Fsp3) is 0.348. The molecular weight excluding hydrogens is 382 g/mol. The minimum Gasteiger partial charge on any atom is -0.353 e. The third-order valence-electron chi connectivity index (χ3n) is 5.49. The Hall–Kier alpha value is -2.60. The summed E-state index contributed by atoms with van der Waals surface area (Å²) >= 11 is 1.32. The first-order chi connectivity index (χ1) is 14.0. The van der Waals surface area contributed by atoms with Gasteiger partial charge < -0.3 is 5.32 Å². The largest absolute Gasteiger partial charge is 0.353 e. The molecule has 1 aliphatic carbocycles. The van der Waals surface area contributed by atoms with Crippen LogP contribution in [0.4, 0.5) is 0 Å². The highest BCUT2D eigenvalue weighted by molar-refractivity contribution is 7.99. The van der Waals surface area contributed by atoms with Crippen LogP contribution in [-0.2, 0) is 4.79 Å². The van der Waals surface area contributed by atoms with Gasteiger partial charge in [0.05, 0.1) is 22.7 Å². The standard InChI is InChI=1S/C23H25N3O2S/c1-15(17-12-13-17)24-21(27)14-29-23-25-20-11-7-6-10-19(20)22(28)26(23)16(2)18-8-4-3-5-9-18/h3-11,15-17H,12-14H2,1-2H3,(H,24,27)/t15-,16+/m0/s1. The summed E-state index contributed by atoms with van der Waals surface area (Å²) in [7, 11) is 0. The Morgan fingerprint density at radius 2 is 1.83 bits per heavy atom. The molecule has 5 nitrogen and oxygen atoms in total. The molecule has 2 aromatic carbocycles. The van der Waals surface area contributed by atoms with Crippen LogP contribution in [0.25, 0.3) is 10.9 Å². The fourth-order valence-electron chi connectivity index (χ4n) is 3.59. The molecule has 3 aromatic rings. The predicted octanol–water partition coefficient (Wildman–Crippen LogP) is 4.01. The average Bonchev–Trinajstić information content (AvgIpc) is 3.58. The molecule has 1 fully saturated rings. The lowest BCUT2D eigenvalue weighted by Crippen LogP contribution is -2.35. The molecule has 29 heavy (non-hydrogen) atoms. The summed E-state index contributed by atoms with van der Waals surface area (Å²) in [5, 5.41) is 4.23. The van der Waals surface area contributed by atoms with Gasteiger partial charge >= 0.3 is 0 Å². The number of rotatable bonds is 7. The van der Waals surface area contributed by atoms with E-state index in [1.807, 2.05) is 55.5 Å². The molecule has 0 radical (unpaired) electrons. The summed E-state index contributed by atoms with van der Waals surface area (Å²) in [6, 6.07) is 17.3. The third kappa shape index (κ3) is 4.37. The number of aromatic nitrogens is 2. The predicted molar refractivity (Wildman–Crippen MR) is 117 cm³/mol. The van der Waals surface area contributed by atoms with Crippen molar-refractivity contribution in [2.45, 2.75) is 43.9 Å². The monoisotopic (exact) mass is 407 g/mol. The summed E-state index contributed by atoms with van der Waals surface area (Å²) in [5.41, 5.74) is 1.60. The topological polar surface area (TPSA) is 64.0 Å². The molecule has 1 N–H and O–H groups in total. The maximum atomic E-state index is 13.3. The minimum atomic E-state index is -0.184. The third-order valence-corrected chi connectivity index (χ3v) is 6.45. The van der Waals surface area contributed by atoms with Gasteiger partial charge in [-0.3, -0.25) is 14.2 Å². The molecule has 1 aliphatic rings. The number of nitrogens with zero attached hydrogens (tertiary/aromatic N) is 2. The average molecular weight is 408 g/mol. The van der Waals surface area contributed by atoms with Gasteiger partial charge in [0.1, 0.15) is 0 Å². The van der Waals surface area contributed by atoms with Crippen LogP contribution in [-0.4, -0.2) is 27.3 Å². The molecule has 1 amide bonds. The van der Waals surface area contributed by atoms with E-state index in [1.165, 1.54) is 24.6 Å². The lowest BCUT2D eigenvalue weighted by Gasteiger charge is -2.20. The zero-order valence-electron chi connectivity index (χ0n) is 16.7. The van der Waals surface area contributed by atoms with Gasteiger partial charge in [0.2, 0.25) is 5.91 Å². The molecule has 4 rings (SSSR count). The number of amides is 1. The summed E-state index contributed by atoms with van der Waals surface area (Å²) in [6.07, 6.45) is 2.38. The van der Waals surface area contributed by atoms with Gasteiger partial charge in [-0.1, -0.05) is 54.2 Å². The molecule has 1 heterocycles. The van der Waals surface area contributed by atoms with Gasteiger partial charge in [-0.15, -0.1) is 0 Å². The second kappa shape index (κ2) is 8.41. The molecule has 2 atom stereocenters. The van der Waals surface area contributed by atoms with Crippen LogP contribution in [0.1, 0.15) is 38.3 Å². The molecule has 0 aliphatic heterocycles. The number of hydrogen-bond donors (Lipinski definition) is 1. The van der Waals surface area contributed by atoms with Gasteiger partial charge in [-0.2, -0.15) is 0 Å². The van der Waals surface area contributed by atoms with Crippen molar-refractivity contribution < 1.29 is 4.79 Å². The first kappa shape index (κ1) is 19.7. The Morgan fingerprint density at radius 1 is 1.14 bits per heavy atom. The molecule has 0 bridgehead atoms. The van der Waals surface area contributed by atoms with Crippen molar-refractivity contribution in [1.82, 2.24) is 14.9 Å². The van der Waals surface area contributed by atoms with E-state index in [2.05, 4.69) is 12.2 Å². The zero-order chi connectivity index (χ0) is 20.4. The van der Waals surface area contributed by atoms with Gasteiger partial charge in [-0.05, 0) is 50.3 Å². The van der Waals surface area contributed by atoms with E-state index in [-0.39, 0.29) is 29.3 Å². The van der Waals surface area contributed by atoms with E-state index >= 15 is 0 Å². The van der Waals surface area contributed by atoms with Gasteiger partial charge in [-0.25, -0.2) is 4.98 Å². The Morgan fingerprint density at radius 3 is 2.55 bits per heavy atom. The smallest absolute Gasteiger partial charge is 0.262 e. The summed E-state index contributed by atoms with van der Waals surface area (Å²) in [5.74, 6) is 0.832. The number of thioether (sulfide) groups is 1. The highest BCUT2D eigenvalue weighted by Crippen LogP contribution is 2.32. The number of para-hydroxylation sites is 1. The molecule has 1 saturated carbocycles. The van der Waals surface area contributed by atoms with Gasteiger partial charge in [0, 0.05) is 6.04 Å². The molecule has 0 spiro atoms. The second-order valence-corrected chi connectivity index (χ2v) is 8.60. The maximum absolute atomic E-state index is 13.3. The van der Waals surface area contributed by atoms with Crippen LogP contribution in [0, 0.1) is 5.92 Å². The number of nitrogens with one attached hydrogen (secondary N) is 1. The first-order valence-corrected chi connectivity index (χ1v) is 11.0. The molecule has 0 unspecified atom stereocenters. The molecule has 6 heteroatoms. The van der Waals surface area contributed by atoms with Crippen molar-refractivity contribution >= 4 is 28.6 Å². The number of carbonyl (C=O) groups is 1. The van der Waals surface area contributed by atoms with Crippen LogP contribution in [0.5, 0.6) is 0 Å². The number of fused-ring (bicyclic) bond motifs is 1. The Labute approximate surface area is 174 Å². The fourth-order valence-corrected chi connectivity index (χ4v) is 4.48. The van der Waals surface area contributed by atoms with Crippen molar-refractivity contribution in [1.29, 1.82) is 0 Å². The van der Waals surface area contributed by atoms with Gasteiger partial charge in [0.25, 0.3) is 5.56 Å². The van der Waals surface area contributed by atoms with Crippen LogP contribution >= 0.6 is 11.8 Å². The van der Waals surface area contributed by atoms with E-state index in [9.17, 15) is 9.59 Å². The Bertz CT molecular complexity index is 1080.